The van der Waals surface area contributed by atoms with Crippen LogP contribution in [0.3, 0.4) is 0 Å². The Balaban J connectivity index is 1.59. The number of carbonyl (C=O) groups is 1. The third-order valence-electron chi connectivity index (χ3n) is 5.49. The topological polar surface area (TPSA) is 85.9 Å². The van der Waals surface area contributed by atoms with Crippen molar-refractivity contribution in [2.45, 2.75) is 32.3 Å². The van der Waals surface area contributed by atoms with Crippen molar-refractivity contribution in [2.75, 3.05) is 5.32 Å². The van der Waals surface area contributed by atoms with E-state index in [9.17, 15) is 19.7 Å². The van der Waals surface area contributed by atoms with E-state index in [1.165, 1.54) is 23.5 Å². The van der Waals surface area contributed by atoms with E-state index < -0.39 is 5.91 Å². The first kappa shape index (κ1) is 23.7. The highest BCUT2D eigenvalue weighted by Crippen LogP contribution is 2.38. The zero-order valence-electron chi connectivity index (χ0n) is 18.0. The minimum absolute atomic E-state index is 0.00446. The zero-order chi connectivity index (χ0) is 24.1. The molecule has 34 heavy (non-hydrogen) atoms. The van der Waals surface area contributed by atoms with Crippen LogP contribution in [0, 0.1) is 28.5 Å². The van der Waals surface area contributed by atoms with Crippen molar-refractivity contribution in [3.8, 4) is 17.9 Å². The fraction of sp³-hybridized carbons (Fsp3) is 0.192. The largest absolute Gasteiger partial charge is 0.488 e. The molecule has 0 saturated heterocycles. The lowest BCUT2D eigenvalue weighted by Crippen LogP contribution is -2.13. The van der Waals surface area contributed by atoms with Gasteiger partial charge in [-0.05, 0) is 61.6 Å². The van der Waals surface area contributed by atoms with Gasteiger partial charge < -0.3 is 10.1 Å². The molecule has 0 bridgehead atoms. The summed E-state index contributed by atoms with van der Waals surface area (Å²) in [4.78, 5) is 14.1. The maximum Gasteiger partial charge on any atom is 0.266 e. The number of anilines is 1. The summed E-state index contributed by atoms with van der Waals surface area (Å²) in [5.74, 6) is -0.574. The lowest BCUT2D eigenvalue weighted by molar-refractivity contribution is -0.112. The summed E-state index contributed by atoms with van der Waals surface area (Å²) in [6.45, 7) is -0.00446. The van der Waals surface area contributed by atoms with Crippen LogP contribution in [0.15, 0.2) is 52.5 Å². The number of carbonyl (C=O) groups excluding carboxylic acids is 1. The number of benzene rings is 2. The Kier molecular flexibility index (Phi) is 7.42. The highest BCUT2D eigenvalue weighted by molar-refractivity contribution is 9.10. The molecule has 1 N–H and O–H groups in total. The fourth-order valence-electron chi connectivity index (χ4n) is 3.78. The van der Waals surface area contributed by atoms with Crippen molar-refractivity contribution in [3.05, 3.63) is 85.5 Å². The normalized spacial score (nSPS) is 12.9. The Labute approximate surface area is 209 Å². The number of nitrogens with one attached hydrogen (secondary N) is 1. The number of thiophene rings is 1. The van der Waals surface area contributed by atoms with Gasteiger partial charge in [-0.2, -0.15) is 10.5 Å². The summed E-state index contributed by atoms with van der Waals surface area (Å²) < 4.78 is 20.5. The van der Waals surface area contributed by atoms with Crippen LogP contribution in [0.4, 0.5) is 9.39 Å². The van der Waals surface area contributed by atoms with Gasteiger partial charge in [-0.15, -0.1) is 11.3 Å². The van der Waals surface area contributed by atoms with Crippen LogP contribution in [0.2, 0.25) is 0 Å². The predicted molar refractivity (Wildman–Crippen MR) is 133 cm³/mol. The maximum atomic E-state index is 14.0. The van der Waals surface area contributed by atoms with Crippen LogP contribution < -0.4 is 10.1 Å². The molecule has 0 atom stereocenters. The van der Waals surface area contributed by atoms with Crippen LogP contribution in [0.25, 0.3) is 6.08 Å². The molecule has 4 rings (SSSR count). The molecule has 1 aromatic heterocycles. The van der Waals surface area contributed by atoms with Crippen molar-refractivity contribution in [1.82, 2.24) is 0 Å². The van der Waals surface area contributed by atoms with E-state index in [2.05, 4.69) is 27.3 Å². The molecule has 1 aliphatic rings. The van der Waals surface area contributed by atoms with E-state index in [0.29, 0.717) is 27.4 Å². The van der Waals surface area contributed by atoms with E-state index >= 15 is 0 Å². The van der Waals surface area contributed by atoms with Crippen LogP contribution >= 0.6 is 27.3 Å². The molecule has 1 heterocycles. The van der Waals surface area contributed by atoms with E-state index in [1.54, 1.807) is 36.4 Å². The molecule has 1 aliphatic carbocycles. The highest BCUT2D eigenvalue weighted by atomic mass is 79.9. The second kappa shape index (κ2) is 10.6. The molecule has 0 aliphatic heterocycles. The molecule has 0 radical (unpaired) electrons. The van der Waals surface area contributed by atoms with E-state index in [1.807, 2.05) is 6.07 Å². The maximum absolute atomic E-state index is 14.0. The highest BCUT2D eigenvalue weighted by Gasteiger charge is 2.23. The van der Waals surface area contributed by atoms with Gasteiger partial charge in [0, 0.05) is 20.5 Å². The molecule has 3 aromatic rings. The lowest BCUT2D eigenvalue weighted by Gasteiger charge is -2.11. The number of nitrogens with zero attached hydrogens (tertiary/aromatic N) is 2. The average Bonchev–Trinajstić information content (AvgIpc) is 3.19. The SMILES string of the molecule is N#C/C(=C\c1cc(Br)ccc1OCc1ccccc1F)C(=O)Nc1sc2c(c1C#N)CCCC2. The third-order valence-corrected chi connectivity index (χ3v) is 7.19. The van der Waals surface area contributed by atoms with Crippen molar-refractivity contribution in [1.29, 1.82) is 10.5 Å². The Bertz CT molecular complexity index is 1370. The van der Waals surface area contributed by atoms with Crippen molar-refractivity contribution in [2.24, 2.45) is 0 Å². The molecule has 170 valence electrons. The zero-order valence-corrected chi connectivity index (χ0v) is 20.4. The smallest absolute Gasteiger partial charge is 0.266 e. The summed E-state index contributed by atoms with van der Waals surface area (Å²) in [7, 11) is 0. The predicted octanol–water partition coefficient (Wildman–Crippen LogP) is 6.52. The average molecular weight is 536 g/mol. The number of aryl methyl sites for hydroxylation is 1. The molecule has 0 spiro atoms. The van der Waals surface area contributed by atoms with Gasteiger partial charge >= 0.3 is 0 Å². The molecule has 1 amide bonds. The first-order valence-electron chi connectivity index (χ1n) is 10.6. The number of hydrogen-bond donors (Lipinski definition) is 1. The summed E-state index contributed by atoms with van der Waals surface area (Å²) >= 11 is 4.80. The first-order valence-corrected chi connectivity index (χ1v) is 12.2. The van der Waals surface area contributed by atoms with Gasteiger partial charge in [0.25, 0.3) is 5.91 Å². The number of rotatable bonds is 6. The quantitative estimate of drug-likeness (QED) is 0.287. The summed E-state index contributed by atoms with van der Waals surface area (Å²) in [5, 5.41) is 22.5. The molecule has 5 nitrogen and oxygen atoms in total. The van der Waals surface area contributed by atoms with Gasteiger partial charge in [0.2, 0.25) is 0 Å². The minimum atomic E-state index is -0.599. The molecule has 0 saturated carbocycles. The van der Waals surface area contributed by atoms with E-state index in [4.69, 9.17) is 4.74 Å². The molecular formula is C26H19BrFN3O2S. The third kappa shape index (κ3) is 5.20. The van der Waals surface area contributed by atoms with E-state index in [0.717, 1.165) is 40.6 Å². The van der Waals surface area contributed by atoms with Gasteiger partial charge in [0.15, 0.2) is 0 Å². The van der Waals surface area contributed by atoms with Crippen LogP contribution in [0.5, 0.6) is 5.75 Å². The molecule has 8 heteroatoms. The Morgan fingerprint density at radius 2 is 2.00 bits per heavy atom. The van der Waals surface area contributed by atoms with Crippen molar-refractivity contribution in [3.63, 3.8) is 0 Å². The number of nitriles is 2. The lowest BCUT2D eigenvalue weighted by atomic mass is 9.96. The number of halogens is 2. The second-order valence-electron chi connectivity index (χ2n) is 7.71. The number of ether oxygens (including phenoxy) is 1. The standard InChI is InChI=1S/C26H19BrFN3O2S/c27-19-9-10-23(33-15-16-5-1-3-7-22(16)28)17(12-19)11-18(13-29)25(32)31-26-21(14-30)20-6-2-4-8-24(20)34-26/h1,3,5,7,9-12H,2,4,6,8,15H2,(H,31,32)/b18-11+. The Morgan fingerprint density at radius 3 is 2.76 bits per heavy atom. The van der Waals surface area contributed by atoms with Crippen LogP contribution in [-0.4, -0.2) is 5.91 Å². The van der Waals surface area contributed by atoms with Crippen LogP contribution in [0.1, 0.15) is 40.0 Å². The van der Waals surface area contributed by atoms with Gasteiger partial charge in [-0.1, -0.05) is 34.1 Å². The van der Waals surface area contributed by atoms with Gasteiger partial charge in [-0.25, -0.2) is 4.39 Å². The monoisotopic (exact) mass is 535 g/mol. The van der Waals surface area contributed by atoms with Crippen LogP contribution in [-0.2, 0) is 24.2 Å². The van der Waals surface area contributed by atoms with Gasteiger partial charge in [0.05, 0.1) is 5.56 Å². The van der Waals surface area contributed by atoms with Gasteiger partial charge in [-0.3, -0.25) is 4.79 Å². The molecule has 0 fully saturated rings. The Morgan fingerprint density at radius 1 is 1.21 bits per heavy atom. The molecule has 0 unspecified atom stereocenters. The van der Waals surface area contributed by atoms with Gasteiger partial charge in [0.1, 0.15) is 40.9 Å². The number of hydrogen-bond acceptors (Lipinski definition) is 5. The number of fused-ring (bicyclic) bond motifs is 1. The van der Waals surface area contributed by atoms with Crippen molar-refractivity contribution < 1.29 is 13.9 Å². The molecular weight excluding hydrogens is 517 g/mol. The number of amides is 1. The van der Waals surface area contributed by atoms with Crippen molar-refractivity contribution >= 4 is 44.3 Å². The first-order chi connectivity index (χ1) is 16.5. The fourth-order valence-corrected chi connectivity index (χ4v) is 5.39. The summed E-state index contributed by atoms with van der Waals surface area (Å²) in [5.41, 5.74) is 2.24. The minimum Gasteiger partial charge on any atom is -0.488 e. The second-order valence-corrected chi connectivity index (χ2v) is 9.73. The Hall–Kier alpha value is -3.46. The summed E-state index contributed by atoms with van der Waals surface area (Å²) in [6, 6.07) is 15.6. The van der Waals surface area contributed by atoms with E-state index in [-0.39, 0.29) is 18.0 Å². The summed E-state index contributed by atoms with van der Waals surface area (Å²) in [6.07, 6.45) is 5.23. The molecule has 2 aromatic carbocycles.